The molecule has 5 heteroatoms. The van der Waals surface area contributed by atoms with Gasteiger partial charge in [0, 0.05) is 24.8 Å². The minimum Gasteiger partial charge on any atom is -0.368 e. The summed E-state index contributed by atoms with van der Waals surface area (Å²) in [6.45, 7) is 5.40. The Morgan fingerprint density at radius 1 is 1.73 bits per heavy atom. The van der Waals surface area contributed by atoms with Gasteiger partial charge in [0.2, 0.25) is 5.91 Å². The third-order valence-electron chi connectivity index (χ3n) is 2.18. The van der Waals surface area contributed by atoms with Crippen LogP contribution < -0.4 is 11.1 Å². The number of nitrogens with one attached hydrogen (secondary N) is 1. The second-order valence-corrected chi connectivity index (χ2v) is 3.62. The molecule has 0 spiro atoms. The van der Waals surface area contributed by atoms with Crippen LogP contribution in [0.15, 0.2) is 12.4 Å². The first-order chi connectivity index (χ1) is 7.13. The summed E-state index contributed by atoms with van der Waals surface area (Å²) in [5, 5.41) is 7.22. The van der Waals surface area contributed by atoms with Crippen molar-refractivity contribution in [2.75, 3.05) is 0 Å². The number of primary amides is 1. The molecule has 1 aromatic heterocycles. The van der Waals surface area contributed by atoms with Gasteiger partial charge in [-0.15, -0.1) is 0 Å². The molecule has 1 amide bonds. The lowest BCUT2D eigenvalue weighted by molar-refractivity contribution is -0.119. The number of carbonyl (C=O) groups excluding carboxylic acids is 1. The minimum atomic E-state index is -0.337. The number of aryl methyl sites for hydroxylation is 1. The third-order valence-corrected chi connectivity index (χ3v) is 2.18. The van der Waals surface area contributed by atoms with Crippen molar-refractivity contribution in [1.82, 2.24) is 15.1 Å². The zero-order chi connectivity index (χ0) is 11.3. The molecule has 0 aliphatic heterocycles. The highest BCUT2D eigenvalue weighted by Crippen LogP contribution is 1.98. The summed E-state index contributed by atoms with van der Waals surface area (Å²) in [7, 11) is 0. The lowest BCUT2D eigenvalue weighted by Gasteiger charge is -2.07. The minimum absolute atomic E-state index is 0.306. The lowest BCUT2D eigenvalue weighted by atomic mass is 10.3. The molecule has 15 heavy (non-hydrogen) atoms. The van der Waals surface area contributed by atoms with Crippen LogP contribution in [0.1, 0.15) is 25.8 Å². The monoisotopic (exact) mass is 210 g/mol. The molecule has 0 saturated heterocycles. The Balaban J connectivity index is 2.40. The van der Waals surface area contributed by atoms with Gasteiger partial charge in [-0.3, -0.25) is 9.48 Å². The van der Waals surface area contributed by atoms with Crippen molar-refractivity contribution in [3.05, 3.63) is 18.0 Å². The molecule has 3 N–H and O–H groups in total. The first-order valence-electron chi connectivity index (χ1n) is 5.17. The quantitative estimate of drug-likeness (QED) is 0.707. The van der Waals surface area contributed by atoms with Crippen LogP contribution in [0.3, 0.4) is 0 Å². The van der Waals surface area contributed by atoms with E-state index in [1.807, 2.05) is 10.9 Å². The highest BCUT2D eigenvalue weighted by atomic mass is 16.1. The van der Waals surface area contributed by atoms with E-state index >= 15 is 0 Å². The molecule has 1 rings (SSSR count). The Morgan fingerprint density at radius 3 is 3.07 bits per heavy atom. The number of rotatable bonds is 6. The van der Waals surface area contributed by atoms with E-state index in [9.17, 15) is 4.79 Å². The van der Waals surface area contributed by atoms with Gasteiger partial charge < -0.3 is 11.1 Å². The van der Waals surface area contributed by atoms with Gasteiger partial charge >= 0.3 is 0 Å². The molecule has 0 aliphatic carbocycles. The van der Waals surface area contributed by atoms with E-state index in [2.05, 4.69) is 17.3 Å². The van der Waals surface area contributed by atoms with E-state index in [0.717, 1.165) is 18.5 Å². The van der Waals surface area contributed by atoms with E-state index < -0.39 is 0 Å². The summed E-state index contributed by atoms with van der Waals surface area (Å²) in [6.07, 6.45) is 4.84. The van der Waals surface area contributed by atoms with Gasteiger partial charge in [-0.1, -0.05) is 6.92 Å². The predicted octanol–water partition coefficient (Wildman–Crippen LogP) is 0.256. The fourth-order valence-corrected chi connectivity index (χ4v) is 1.22. The van der Waals surface area contributed by atoms with Crippen molar-refractivity contribution in [2.24, 2.45) is 5.73 Å². The Labute approximate surface area is 89.6 Å². The molecule has 0 radical (unpaired) electrons. The summed E-state index contributed by atoms with van der Waals surface area (Å²) in [5.41, 5.74) is 6.20. The summed E-state index contributed by atoms with van der Waals surface area (Å²) in [5.74, 6) is -0.337. The van der Waals surface area contributed by atoms with Crippen LogP contribution in [0.2, 0.25) is 0 Å². The molecule has 5 nitrogen and oxygen atoms in total. The molecular weight excluding hydrogens is 192 g/mol. The maximum absolute atomic E-state index is 10.8. The Hall–Kier alpha value is -1.36. The van der Waals surface area contributed by atoms with Gasteiger partial charge in [-0.2, -0.15) is 5.10 Å². The van der Waals surface area contributed by atoms with Crippen molar-refractivity contribution >= 4 is 5.91 Å². The first kappa shape index (κ1) is 11.7. The molecule has 0 saturated carbocycles. The Bertz CT molecular complexity index is 321. The number of nitrogens with zero attached hydrogens (tertiary/aromatic N) is 2. The number of carbonyl (C=O) groups is 1. The zero-order valence-corrected chi connectivity index (χ0v) is 9.23. The molecule has 1 heterocycles. The molecule has 0 fully saturated rings. The molecule has 1 atom stereocenters. The van der Waals surface area contributed by atoms with Crippen LogP contribution in [0.4, 0.5) is 0 Å². The van der Waals surface area contributed by atoms with Crippen molar-refractivity contribution in [3.63, 3.8) is 0 Å². The molecule has 0 aliphatic rings. The smallest absolute Gasteiger partial charge is 0.234 e. The van der Waals surface area contributed by atoms with Gasteiger partial charge in [0.25, 0.3) is 0 Å². The second kappa shape index (κ2) is 5.50. The van der Waals surface area contributed by atoms with E-state index in [-0.39, 0.29) is 11.9 Å². The summed E-state index contributed by atoms with van der Waals surface area (Å²) < 4.78 is 1.89. The number of hydrogen-bond acceptors (Lipinski definition) is 3. The lowest BCUT2D eigenvalue weighted by Crippen LogP contribution is -2.38. The van der Waals surface area contributed by atoms with E-state index in [0.29, 0.717) is 6.54 Å². The topological polar surface area (TPSA) is 72.9 Å². The second-order valence-electron chi connectivity index (χ2n) is 3.62. The molecule has 0 aromatic carbocycles. The number of amides is 1. The maximum Gasteiger partial charge on any atom is 0.234 e. The molecule has 0 bridgehead atoms. The van der Waals surface area contributed by atoms with Crippen LogP contribution in [-0.2, 0) is 17.9 Å². The molecule has 1 aromatic rings. The zero-order valence-electron chi connectivity index (χ0n) is 9.23. The van der Waals surface area contributed by atoms with Crippen molar-refractivity contribution < 1.29 is 4.79 Å². The fourth-order valence-electron chi connectivity index (χ4n) is 1.22. The van der Waals surface area contributed by atoms with Crippen LogP contribution in [-0.4, -0.2) is 21.7 Å². The predicted molar refractivity (Wildman–Crippen MR) is 58.0 cm³/mol. The van der Waals surface area contributed by atoms with E-state index in [1.54, 1.807) is 13.1 Å². The van der Waals surface area contributed by atoms with Crippen LogP contribution in [0.5, 0.6) is 0 Å². The van der Waals surface area contributed by atoms with Crippen LogP contribution in [0, 0.1) is 0 Å². The molecule has 1 unspecified atom stereocenters. The Kier molecular flexibility index (Phi) is 4.30. The van der Waals surface area contributed by atoms with Crippen molar-refractivity contribution in [1.29, 1.82) is 0 Å². The summed E-state index contributed by atoms with van der Waals surface area (Å²) in [6, 6.07) is -0.306. The summed E-state index contributed by atoms with van der Waals surface area (Å²) >= 11 is 0. The highest BCUT2D eigenvalue weighted by molar-refractivity contribution is 5.79. The van der Waals surface area contributed by atoms with Crippen molar-refractivity contribution in [2.45, 2.75) is 39.4 Å². The SMILES string of the molecule is CCCn1cc(CNC(C)C(N)=O)cn1. The van der Waals surface area contributed by atoms with E-state index in [4.69, 9.17) is 5.73 Å². The van der Waals surface area contributed by atoms with E-state index in [1.165, 1.54) is 0 Å². The van der Waals surface area contributed by atoms with Gasteiger partial charge in [-0.05, 0) is 13.3 Å². The average Bonchev–Trinajstić information content (AvgIpc) is 2.62. The van der Waals surface area contributed by atoms with Gasteiger partial charge in [-0.25, -0.2) is 0 Å². The van der Waals surface area contributed by atoms with Crippen LogP contribution >= 0.6 is 0 Å². The van der Waals surface area contributed by atoms with Crippen molar-refractivity contribution in [3.8, 4) is 0 Å². The molecule has 84 valence electrons. The van der Waals surface area contributed by atoms with Gasteiger partial charge in [0.1, 0.15) is 0 Å². The maximum atomic E-state index is 10.8. The number of hydrogen-bond donors (Lipinski definition) is 2. The largest absolute Gasteiger partial charge is 0.368 e. The fraction of sp³-hybridized carbons (Fsp3) is 0.600. The average molecular weight is 210 g/mol. The highest BCUT2D eigenvalue weighted by Gasteiger charge is 2.07. The van der Waals surface area contributed by atoms with Gasteiger partial charge in [0.15, 0.2) is 0 Å². The number of nitrogens with two attached hydrogens (primary N) is 1. The Morgan fingerprint density at radius 2 is 2.47 bits per heavy atom. The normalized spacial score (nSPS) is 12.7. The van der Waals surface area contributed by atoms with Gasteiger partial charge in [0.05, 0.1) is 12.2 Å². The first-order valence-corrected chi connectivity index (χ1v) is 5.17. The number of aromatic nitrogens is 2. The third kappa shape index (κ3) is 3.71. The molecular formula is C10H18N4O. The standard InChI is InChI=1S/C10H18N4O/c1-3-4-14-7-9(6-13-14)5-12-8(2)10(11)15/h6-8,12H,3-5H2,1-2H3,(H2,11,15). The summed E-state index contributed by atoms with van der Waals surface area (Å²) in [4.78, 5) is 10.8. The van der Waals surface area contributed by atoms with Crippen LogP contribution in [0.25, 0.3) is 0 Å².